The summed E-state index contributed by atoms with van der Waals surface area (Å²) in [7, 11) is -3.88. The van der Waals surface area contributed by atoms with Crippen molar-refractivity contribution >= 4 is 15.9 Å². The van der Waals surface area contributed by atoms with Gasteiger partial charge in [0.2, 0.25) is 15.9 Å². The van der Waals surface area contributed by atoms with Gasteiger partial charge in [-0.25, -0.2) is 14.3 Å². The number of aryl methyl sites for hydroxylation is 4. The largest absolute Gasteiger partial charge is 0.293 e. The molecule has 0 spiro atoms. The summed E-state index contributed by atoms with van der Waals surface area (Å²) in [5.41, 5.74) is 6.19. The second-order valence-electron chi connectivity index (χ2n) is 6.55. The molecule has 0 bridgehead atoms. The number of hydrogen-bond acceptors (Lipinski definition) is 4. The molecular formula is C19H25N3O3S. The molecule has 0 aromatic heterocycles. The molecule has 0 atom stereocenters. The molecule has 0 radical (unpaired) electrons. The minimum atomic E-state index is -3.88. The molecule has 0 heterocycles. The van der Waals surface area contributed by atoms with Crippen molar-refractivity contribution in [3.8, 4) is 0 Å². The van der Waals surface area contributed by atoms with Crippen LogP contribution in [0.4, 0.5) is 0 Å². The van der Waals surface area contributed by atoms with E-state index in [-0.39, 0.29) is 18.0 Å². The molecule has 0 unspecified atom stereocenters. The number of carbonyl (C=O) groups excluding carboxylic acids is 1. The topological polar surface area (TPSA) is 92.5 Å². The minimum absolute atomic E-state index is 0.0861. The fraction of sp³-hybridized carbons (Fsp3) is 0.316. The van der Waals surface area contributed by atoms with Gasteiger partial charge in [-0.1, -0.05) is 47.5 Å². The molecule has 0 fully saturated rings. The maximum absolute atomic E-state index is 13.3. The molecule has 0 saturated carbocycles. The van der Waals surface area contributed by atoms with Crippen molar-refractivity contribution in [1.82, 2.24) is 9.73 Å². The number of amides is 1. The van der Waals surface area contributed by atoms with Gasteiger partial charge in [0.25, 0.3) is 0 Å². The predicted octanol–water partition coefficient (Wildman–Crippen LogP) is 2.10. The van der Waals surface area contributed by atoms with E-state index in [1.165, 1.54) is 0 Å². The Kier molecular flexibility index (Phi) is 6.17. The second-order valence-corrected chi connectivity index (χ2v) is 8.43. The Morgan fingerprint density at radius 2 is 1.54 bits per heavy atom. The number of rotatable bonds is 6. The number of benzene rings is 2. The summed E-state index contributed by atoms with van der Waals surface area (Å²) in [6.07, 6.45) is 0. The van der Waals surface area contributed by atoms with Crippen molar-refractivity contribution in [3.63, 3.8) is 0 Å². The van der Waals surface area contributed by atoms with E-state index in [2.05, 4.69) is 0 Å². The molecule has 2 rings (SSSR count). The lowest BCUT2D eigenvalue weighted by Crippen LogP contribution is -2.43. The molecule has 26 heavy (non-hydrogen) atoms. The van der Waals surface area contributed by atoms with Crippen LogP contribution in [0.15, 0.2) is 41.3 Å². The maximum Gasteiger partial charge on any atom is 0.249 e. The summed E-state index contributed by atoms with van der Waals surface area (Å²) in [6, 6.07) is 11.2. The van der Waals surface area contributed by atoms with Gasteiger partial charge < -0.3 is 0 Å². The SMILES string of the molecule is Cc1ccc(CN(CC(=O)NN)S(=O)(=O)c2c(C)cc(C)cc2C)cc1. The van der Waals surface area contributed by atoms with Gasteiger partial charge in [0.15, 0.2) is 0 Å². The van der Waals surface area contributed by atoms with Crippen molar-refractivity contribution in [2.75, 3.05) is 6.54 Å². The summed E-state index contributed by atoms with van der Waals surface area (Å²) in [6.45, 7) is 7.14. The van der Waals surface area contributed by atoms with Crippen LogP contribution in [-0.4, -0.2) is 25.2 Å². The molecule has 1 amide bonds. The first-order valence-corrected chi connectivity index (χ1v) is 9.72. The molecule has 2 aromatic rings. The van der Waals surface area contributed by atoms with Crippen molar-refractivity contribution < 1.29 is 13.2 Å². The van der Waals surface area contributed by atoms with Crippen LogP contribution < -0.4 is 11.3 Å². The maximum atomic E-state index is 13.3. The van der Waals surface area contributed by atoms with E-state index in [9.17, 15) is 13.2 Å². The van der Waals surface area contributed by atoms with Crippen LogP contribution in [0.25, 0.3) is 0 Å². The van der Waals surface area contributed by atoms with Gasteiger partial charge >= 0.3 is 0 Å². The van der Waals surface area contributed by atoms with Gasteiger partial charge in [0.05, 0.1) is 11.4 Å². The highest BCUT2D eigenvalue weighted by molar-refractivity contribution is 7.89. The zero-order chi connectivity index (χ0) is 19.5. The zero-order valence-electron chi connectivity index (χ0n) is 15.5. The van der Waals surface area contributed by atoms with E-state index in [4.69, 9.17) is 5.84 Å². The Morgan fingerprint density at radius 3 is 2.04 bits per heavy atom. The molecule has 7 heteroatoms. The van der Waals surface area contributed by atoms with Crippen LogP contribution in [-0.2, 0) is 21.4 Å². The van der Waals surface area contributed by atoms with Crippen LogP contribution in [0.3, 0.4) is 0 Å². The molecule has 0 aliphatic rings. The fourth-order valence-electron chi connectivity index (χ4n) is 3.03. The summed E-state index contributed by atoms with van der Waals surface area (Å²) < 4.78 is 27.8. The quantitative estimate of drug-likeness (QED) is 0.459. The third kappa shape index (κ3) is 4.49. The van der Waals surface area contributed by atoms with Gasteiger partial charge in [-0.2, -0.15) is 4.31 Å². The number of nitrogens with one attached hydrogen (secondary N) is 1. The molecule has 0 aliphatic heterocycles. The van der Waals surface area contributed by atoms with Gasteiger partial charge in [0.1, 0.15) is 0 Å². The van der Waals surface area contributed by atoms with Gasteiger partial charge in [-0.05, 0) is 44.4 Å². The van der Waals surface area contributed by atoms with Crippen molar-refractivity contribution in [2.24, 2.45) is 5.84 Å². The van der Waals surface area contributed by atoms with E-state index < -0.39 is 15.9 Å². The fourth-order valence-corrected chi connectivity index (χ4v) is 4.83. The number of carbonyl (C=O) groups is 1. The molecule has 140 valence electrons. The number of hydrogen-bond donors (Lipinski definition) is 2. The molecule has 6 nitrogen and oxygen atoms in total. The molecule has 3 N–H and O–H groups in total. The summed E-state index contributed by atoms with van der Waals surface area (Å²) in [4.78, 5) is 12.1. The molecule has 0 saturated heterocycles. The van der Waals surface area contributed by atoms with E-state index in [1.807, 2.05) is 55.7 Å². The van der Waals surface area contributed by atoms with Crippen LogP contribution in [0.2, 0.25) is 0 Å². The number of sulfonamides is 1. The van der Waals surface area contributed by atoms with Gasteiger partial charge in [-0.15, -0.1) is 0 Å². The summed E-state index contributed by atoms with van der Waals surface area (Å²) >= 11 is 0. The molecule has 0 aliphatic carbocycles. The van der Waals surface area contributed by atoms with Gasteiger partial charge in [-0.3, -0.25) is 10.2 Å². The van der Waals surface area contributed by atoms with Crippen molar-refractivity contribution in [2.45, 2.75) is 39.1 Å². The minimum Gasteiger partial charge on any atom is -0.293 e. The van der Waals surface area contributed by atoms with Crippen LogP contribution >= 0.6 is 0 Å². The third-order valence-corrected chi connectivity index (χ3v) is 6.26. The lowest BCUT2D eigenvalue weighted by atomic mass is 10.1. The number of nitrogens with zero attached hydrogens (tertiary/aromatic N) is 1. The Morgan fingerprint density at radius 1 is 1.00 bits per heavy atom. The Hall–Kier alpha value is -2.22. The highest BCUT2D eigenvalue weighted by Crippen LogP contribution is 2.26. The Labute approximate surface area is 155 Å². The van der Waals surface area contributed by atoms with E-state index >= 15 is 0 Å². The summed E-state index contributed by atoms with van der Waals surface area (Å²) in [5, 5.41) is 0. The van der Waals surface area contributed by atoms with Crippen molar-refractivity contribution in [1.29, 1.82) is 0 Å². The average Bonchev–Trinajstić information content (AvgIpc) is 2.54. The monoisotopic (exact) mass is 375 g/mol. The predicted molar refractivity (Wildman–Crippen MR) is 102 cm³/mol. The first kappa shape index (κ1) is 20.1. The average molecular weight is 375 g/mol. The standard InChI is InChI=1S/C19H25N3O3S/c1-13-5-7-17(8-6-13)11-22(12-18(23)21-20)26(24,25)19-15(3)9-14(2)10-16(19)4/h5-10H,11-12,20H2,1-4H3,(H,21,23). The second kappa shape index (κ2) is 7.99. The number of nitrogens with two attached hydrogens (primary N) is 1. The third-order valence-electron chi connectivity index (χ3n) is 4.16. The van der Waals surface area contributed by atoms with E-state index in [1.54, 1.807) is 13.8 Å². The van der Waals surface area contributed by atoms with Crippen LogP contribution in [0.5, 0.6) is 0 Å². The first-order valence-electron chi connectivity index (χ1n) is 8.28. The molecular weight excluding hydrogens is 350 g/mol. The normalized spacial score (nSPS) is 11.6. The highest BCUT2D eigenvalue weighted by Gasteiger charge is 2.29. The van der Waals surface area contributed by atoms with E-state index in [0.29, 0.717) is 11.1 Å². The van der Waals surface area contributed by atoms with Crippen molar-refractivity contribution in [3.05, 3.63) is 64.2 Å². The smallest absolute Gasteiger partial charge is 0.249 e. The lowest BCUT2D eigenvalue weighted by molar-refractivity contribution is -0.121. The highest BCUT2D eigenvalue weighted by atomic mass is 32.2. The zero-order valence-corrected chi connectivity index (χ0v) is 16.4. The van der Waals surface area contributed by atoms with Crippen LogP contribution in [0, 0.1) is 27.7 Å². The molecule has 2 aromatic carbocycles. The van der Waals surface area contributed by atoms with E-state index in [0.717, 1.165) is 21.0 Å². The first-order chi connectivity index (χ1) is 12.1. The summed E-state index contributed by atoms with van der Waals surface area (Å²) in [5.74, 6) is 4.61. The van der Waals surface area contributed by atoms with Crippen LogP contribution in [0.1, 0.15) is 27.8 Å². The van der Waals surface area contributed by atoms with Gasteiger partial charge in [0, 0.05) is 6.54 Å². The Balaban J connectivity index is 2.49. The Bertz CT molecular complexity index is 883. The lowest BCUT2D eigenvalue weighted by Gasteiger charge is -2.24. The number of hydrazine groups is 1.